The summed E-state index contributed by atoms with van der Waals surface area (Å²) in [7, 11) is 10.5. The van der Waals surface area contributed by atoms with E-state index in [-0.39, 0.29) is 51.4 Å². The van der Waals surface area contributed by atoms with Crippen molar-refractivity contribution in [3.63, 3.8) is 0 Å². The van der Waals surface area contributed by atoms with E-state index in [1.165, 1.54) is 12.7 Å². The van der Waals surface area contributed by atoms with Crippen LogP contribution >= 0.6 is 34.8 Å². The highest BCUT2D eigenvalue weighted by Gasteiger charge is 2.46. The molecular formula is C25H40N10O8P4. The summed E-state index contributed by atoms with van der Waals surface area (Å²) >= 11 is 0. The lowest BCUT2D eigenvalue weighted by Gasteiger charge is -2.21. The van der Waals surface area contributed by atoms with Crippen molar-refractivity contribution in [2.24, 2.45) is 0 Å². The molecule has 0 aromatic carbocycles. The number of ether oxygens (including phenoxy) is 2. The maximum Gasteiger partial charge on any atom is 0.280 e. The second-order valence-corrected chi connectivity index (χ2v) is 13.3. The molecule has 18 nitrogen and oxygen atoms in total. The van der Waals surface area contributed by atoms with Crippen molar-refractivity contribution in [1.82, 2.24) is 39.0 Å². The summed E-state index contributed by atoms with van der Waals surface area (Å²) < 4.78 is 26.5. The smallest absolute Gasteiger partial charge is 0.280 e. The minimum atomic E-state index is -0.749. The number of aliphatic hydroxyl groups excluding tert-OH is 2. The van der Waals surface area contributed by atoms with Gasteiger partial charge in [-0.15, -0.1) is 0 Å². The Morgan fingerprint density at radius 3 is 1.79 bits per heavy atom. The Morgan fingerprint density at radius 2 is 1.36 bits per heavy atom. The number of nitrogens with one attached hydrogen (secondary N) is 3. The number of fused-ring (bicyclic) bond motifs is 2. The molecule has 2 aliphatic heterocycles. The van der Waals surface area contributed by atoms with Gasteiger partial charge in [0.1, 0.15) is 24.4 Å². The van der Waals surface area contributed by atoms with Crippen LogP contribution in [0.25, 0.3) is 22.3 Å². The molecular weight excluding hydrogens is 692 g/mol. The number of H-pyrrole nitrogens is 2. The zero-order chi connectivity index (χ0) is 34.0. The molecule has 4 aromatic heterocycles. The summed E-state index contributed by atoms with van der Waals surface area (Å²) in [6, 6.07) is 0. The van der Waals surface area contributed by atoms with Crippen molar-refractivity contribution >= 4 is 69.1 Å². The van der Waals surface area contributed by atoms with Gasteiger partial charge in [-0.3, -0.25) is 28.7 Å². The van der Waals surface area contributed by atoms with Crippen molar-refractivity contribution in [3.05, 3.63) is 33.4 Å². The Morgan fingerprint density at radius 1 is 0.894 bits per heavy atom. The van der Waals surface area contributed by atoms with Crippen LogP contribution in [0.15, 0.2) is 22.2 Å². The zero-order valence-corrected chi connectivity index (χ0v) is 30.6. The molecule has 6 unspecified atom stereocenters. The summed E-state index contributed by atoms with van der Waals surface area (Å²) in [6.07, 6.45) is -0.154. The van der Waals surface area contributed by atoms with Crippen molar-refractivity contribution in [3.8, 4) is 0 Å². The summed E-state index contributed by atoms with van der Waals surface area (Å²) in [6.45, 7) is 3.87. The highest BCUT2D eigenvalue weighted by atomic mass is 32.0. The molecule has 6 heterocycles. The third-order valence-electron chi connectivity index (χ3n) is 7.90. The van der Waals surface area contributed by atoms with E-state index in [9.17, 15) is 19.8 Å². The Bertz CT molecular complexity index is 1790. The fourth-order valence-electron chi connectivity index (χ4n) is 5.51. The molecule has 0 saturated carbocycles. The van der Waals surface area contributed by atoms with Gasteiger partial charge in [0, 0.05) is 38.1 Å². The number of aromatic nitrogens is 8. The number of hydrogen-bond acceptors (Lipinski definition) is 14. The Kier molecular flexibility index (Phi) is 11.9. The van der Waals surface area contributed by atoms with E-state index in [1.54, 1.807) is 35.2 Å². The number of imidazole rings is 2. The molecule has 0 amide bonds. The molecule has 0 aliphatic carbocycles. The third kappa shape index (κ3) is 7.10. The number of aromatic amines is 2. The molecule has 2 aliphatic rings. The molecule has 22 heteroatoms. The average molecular weight is 733 g/mol. The van der Waals surface area contributed by atoms with Gasteiger partial charge < -0.3 is 39.0 Å². The van der Waals surface area contributed by atoms with Gasteiger partial charge in [0.2, 0.25) is 11.9 Å². The van der Waals surface area contributed by atoms with Gasteiger partial charge in [-0.2, -0.15) is 9.97 Å². The first-order valence-electron chi connectivity index (χ1n) is 14.8. The fourth-order valence-corrected chi connectivity index (χ4v) is 7.28. The number of rotatable bonds is 10. The Hall–Kier alpha value is -2.22. The lowest BCUT2D eigenvalue weighted by molar-refractivity contribution is -0.0281. The monoisotopic (exact) mass is 732 g/mol. The molecule has 0 bridgehead atoms. The van der Waals surface area contributed by atoms with Crippen LogP contribution in [0.1, 0.15) is 39.1 Å². The van der Waals surface area contributed by atoms with Crippen molar-refractivity contribution in [2.45, 2.75) is 75.8 Å². The minimum Gasteiger partial charge on any atom is -0.387 e. The molecule has 12 atom stereocenters. The van der Waals surface area contributed by atoms with Crippen LogP contribution in [0.2, 0.25) is 0 Å². The van der Waals surface area contributed by atoms with Crippen molar-refractivity contribution in [2.75, 3.05) is 31.4 Å². The Labute approximate surface area is 277 Å². The number of nitrogens with zero attached hydrogens (tertiary/aromatic N) is 7. The van der Waals surface area contributed by atoms with Gasteiger partial charge in [0.15, 0.2) is 34.8 Å². The van der Waals surface area contributed by atoms with E-state index in [4.69, 9.17) is 18.5 Å². The van der Waals surface area contributed by atoms with Crippen LogP contribution in [0.4, 0.5) is 11.9 Å². The number of aliphatic hydroxyl groups is 2. The second-order valence-electron chi connectivity index (χ2n) is 10.9. The predicted octanol–water partition coefficient (Wildman–Crippen LogP) is 1.22. The van der Waals surface area contributed by atoms with Gasteiger partial charge in [-0.25, -0.2) is 9.97 Å². The summed E-state index contributed by atoms with van der Waals surface area (Å²) in [5, 5.41) is 23.6. The fraction of sp³-hybridized carbons (Fsp3) is 0.600. The predicted molar refractivity (Wildman–Crippen MR) is 186 cm³/mol. The first-order chi connectivity index (χ1) is 22.6. The van der Waals surface area contributed by atoms with Gasteiger partial charge in [0.25, 0.3) is 11.1 Å². The Balaban J connectivity index is 0.000000185. The van der Waals surface area contributed by atoms with E-state index >= 15 is 0 Å². The van der Waals surface area contributed by atoms with Crippen molar-refractivity contribution in [1.29, 1.82) is 0 Å². The standard InChI is InChI=1S/C13H21N5O4P2.C12H19N5O4P2/c1-4-6-8(19)9(22-24-23)12(21-6)18-5-14-7-10(18)15-13(17(2)3)16-11(7)20;1-3-5-7(18)8(21-23-22)11(20-5)17-4-14-6-9(17)15-12(13-2)16-10(6)19/h5-6,8-9,12,19,24H,4,23H2,1-3H3,(H,15,16,20);4-5,7-8,11,18,23H,3,22H2,1-2H3,(H2,13,15,16,19)/t6-,8+,9?,12-;5-,7+,8?,11-/m11/s1. The lowest BCUT2D eigenvalue weighted by Crippen LogP contribution is -2.32. The minimum absolute atomic E-state index is 0.124. The molecule has 0 spiro atoms. The first kappa shape index (κ1) is 36.1. The number of anilines is 2. The molecule has 4 aromatic rings. The largest absolute Gasteiger partial charge is 0.387 e. The summed E-state index contributed by atoms with van der Waals surface area (Å²) in [5.74, 6) is 0.755. The van der Waals surface area contributed by atoms with Gasteiger partial charge in [0.05, 0.1) is 24.9 Å². The number of hydrogen-bond donors (Lipinski definition) is 5. The van der Waals surface area contributed by atoms with E-state index in [2.05, 4.69) is 53.1 Å². The topological polar surface area (TPSA) is 220 Å². The maximum absolute atomic E-state index is 12.2. The van der Waals surface area contributed by atoms with Gasteiger partial charge >= 0.3 is 0 Å². The van der Waals surface area contributed by atoms with Crippen LogP contribution in [0.3, 0.4) is 0 Å². The summed E-state index contributed by atoms with van der Waals surface area (Å²) in [5.41, 5.74) is 0.567. The molecule has 2 saturated heterocycles. The highest BCUT2D eigenvalue weighted by Crippen LogP contribution is 2.40. The lowest BCUT2D eigenvalue weighted by atomic mass is 10.1. The normalized spacial score (nSPS) is 27.9. The molecule has 0 radical (unpaired) electrons. The quantitative estimate of drug-likeness (QED) is 0.145. The molecule has 258 valence electrons. The molecule has 6 rings (SSSR count). The van der Waals surface area contributed by atoms with Crippen molar-refractivity contribution < 1.29 is 28.7 Å². The van der Waals surface area contributed by atoms with E-state index < -0.39 is 36.9 Å². The second kappa shape index (κ2) is 15.6. The molecule has 47 heavy (non-hydrogen) atoms. The zero-order valence-electron chi connectivity index (χ0n) is 26.3. The van der Waals surface area contributed by atoms with E-state index in [0.29, 0.717) is 36.0 Å². The van der Waals surface area contributed by atoms with Gasteiger partial charge in [-0.1, -0.05) is 31.7 Å². The third-order valence-corrected chi connectivity index (χ3v) is 9.53. The van der Waals surface area contributed by atoms with Crippen LogP contribution in [0, 0.1) is 0 Å². The van der Waals surface area contributed by atoms with E-state index in [1.807, 2.05) is 13.8 Å². The summed E-state index contributed by atoms with van der Waals surface area (Å²) in [4.78, 5) is 48.3. The maximum atomic E-state index is 12.2. The SMILES string of the molecule is CC[C@H]1O[C@@H](n2cnc3c(=O)[nH]c(N(C)C)nc32)C(OPP)[C@H]1O.CC[C@H]1O[C@@H](n2cnc3c(=O)[nH]c(NC)nc32)C(OPP)[C@H]1O. The molecule has 2 fully saturated rings. The van der Waals surface area contributed by atoms with Crippen LogP contribution in [0.5, 0.6) is 0 Å². The van der Waals surface area contributed by atoms with Crippen LogP contribution in [-0.2, 0) is 18.5 Å². The molecule has 5 N–H and O–H groups in total. The van der Waals surface area contributed by atoms with E-state index in [0.717, 1.165) is 0 Å². The van der Waals surface area contributed by atoms with Gasteiger partial charge in [-0.05, 0) is 12.8 Å². The average Bonchev–Trinajstić information content (AvgIpc) is 3.82. The highest BCUT2D eigenvalue weighted by molar-refractivity contribution is 8.00. The van der Waals surface area contributed by atoms with Crippen LogP contribution < -0.4 is 21.3 Å². The van der Waals surface area contributed by atoms with Crippen LogP contribution in [-0.4, -0.2) is 107 Å². The first-order valence-corrected chi connectivity index (χ1v) is 20.2.